The lowest BCUT2D eigenvalue weighted by atomic mass is 10.1. The summed E-state index contributed by atoms with van der Waals surface area (Å²) in [4.78, 5) is 16.9. The molecule has 8 heteroatoms. The van der Waals surface area contributed by atoms with Gasteiger partial charge in [-0.05, 0) is 38.4 Å². The Labute approximate surface area is 189 Å². The van der Waals surface area contributed by atoms with E-state index in [1.807, 2.05) is 0 Å². The van der Waals surface area contributed by atoms with Crippen LogP contribution in [0.25, 0.3) is 0 Å². The molecule has 1 aromatic rings. The fourth-order valence-electron chi connectivity index (χ4n) is 3.39. The van der Waals surface area contributed by atoms with E-state index >= 15 is 0 Å². The fourth-order valence-corrected chi connectivity index (χ4v) is 3.39. The number of halogens is 3. The van der Waals surface area contributed by atoms with Crippen LogP contribution in [0.4, 0.5) is 5.69 Å². The van der Waals surface area contributed by atoms with Gasteiger partial charge in [-0.2, -0.15) is 0 Å². The van der Waals surface area contributed by atoms with Crippen molar-refractivity contribution in [2.75, 3.05) is 44.2 Å². The van der Waals surface area contributed by atoms with Gasteiger partial charge in [0.1, 0.15) is 0 Å². The number of carbonyl (C=O) groups is 1. The number of anilines is 1. The number of nitrogens with zero attached hydrogens (tertiary/aromatic N) is 2. The van der Waals surface area contributed by atoms with Crippen molar-refractivity contribution in [2.45, 2.75) is 45.1 Å². The molecule has 2 rings (SSSR count). The van der Waals surface area contributed by atoms with Gasteiger partial charge in [0.05, 0.1) is 0 Å². The van der Waals surface area contributed by atoms with Gasteiger partial charge in [0.15, 0.2) is 0 Å². The van der Waals surface area contributed by atoms with Gasteiger partial charge in [-0.25, -0.2) is 0 Å². The topological polar surface area (TPSA) is 61.6 Å². The highest BCUT2D eigenvalue weighted by molar-refractivity contribution is 5.86. The van der Waals surface area contributed by atoms with Gasteiger partial charge in [-0.1, -0.05) is 31.0 Å². The molecule has 1 aromatic carbocycles. The molecule has 5 nitrogen and oxygen atoms in total. The van der Waals surface area contributed by atoms with Crippen molar-refractivity contribution in [2.24, 2.45) is 5.73 Å². The summed E-state index contributed by atoms with van der Waals surface area (Å²) in [6.07, 6.45) is 4.89. The van der Waals surface area contributed by atoms with Crippen molar-refractivity contribution in [1.29, 1.82) is 0 Å². The monoisotopic (exact) mass is 454 g/mol. The molecule has 1 atom stereocenters. The van der Waals surface area contributed by atoms with E-state index in [4.69, 9.17) is 5.73 Å². The van der Waals surface area contributed by atoms with E-state index in [-0.39, 0.29) is 49.2 Å². The zero-order valence-corrected chi connectivity index (χ0v) is 19.3. The summed E-state index contributed by atoms with van der Waals surface area (Å²) in [6.45, 7) is 7.98. The summed E-state index contributed by atoms with van der Waals surface area (Å²) in [5, 5.41) is 3.14. The minimum Gasteiger partial charge on any atom is -0.369 e. The Hall–Kier alpha value is -0.720. The van der Waals surface area contributed by atoms with E-state index in [1.54, 1.807) is 0 Å². The van der Waals surface area contributed by atoms with Crippen molar-refractivity contribution >= 4 is 48.8 Å². The maximum Gasteiger partial charge on any atom is 0.220 e. The normalized spacial score (nSPS) is 14.9. The minimum atomic E-state index is 0. The SMILES string of the molecule is CC(CN1CCN(c2ccccc2)CC1)NC(=O)CCCCCCN.Cl.Cl.Cl. The van der Waals surface area contributed by atoms with E-state index in [2.05, 4.69) is 52.4 Å². The van der Waals surface area contributed by atoms with Crippen molar-refractivity contribution in [3.05, 3.63) is 30.3 Å². The summed E-state index contributed by atoms with van der Waals surface area (Å²) in [5.74, 6) is 0.183. The van der Waals surface area contributed by atoms with Crippen LogP contribution in [0.1, 0.15) is 39.0 Å². The Bertz CT molecular complexity index is 499. The molecule has 0 radical (unpaired) electrons. The number of benzene rings is 1. The second kappa shape index (κ2) is 17.2. The standard InChI is InChI=1S/C20H34N4O.3ClH/c1-18(22-20(25)11-7-2-3-8-12-21)17-23-13-15-24(16-14-23)19-9-5-4-6-10-19;;;/h4-6,9-10,18H,2-3,7-8,11-17,21H2,1H3,(H,22,25);3*1H. The molecule has 3 N–H and O–H groups in total. The van der Waals surface area contributed by atoms with Crippen LogP contribution in [-0.2, 0) is 4.79 Å². The lowest BCUT2D eigenvalue weighted by Gasteiger charge is -2.37. The van der Waals surface area contributed by atoms with Crippen LogP contribution in [-0.4, -0.2) is 56.1 Å². The van der Waals surface area contributed by atoms with Crippen molar-refractivity contribution in [3.63, 3.8) is 0 Å². The fraction of sp³-hybridized carbons (Fsp3) is 0.650. The molecule has 0 bridgehead atoms. The molecular formula is C20H37Cl3N4O. The summed E-state index contributed by atoms with van der Waals surface area (Å²) in [7, 11) is 0. The van der Waals surface area contributed by atoms with Gasteiger partial charge in [-0.3, -0.25) is 9.69 Å². The first-order valence-corrected chi connectivity index (χ1v) is 9.71. The number of piperazine rings is 1. The summed E-state index contributed by atoms with van der Waals surface area (Å²) < 4.78 is 0. The van der Waals surface area contributed by atoms with Gasteiger partial charge in [0.2, 0.25) is 5.91 Å². The van der Waals surface area contributed by atoms with Crippen LogP contribution in [0.5, 0.6) is 0 Å². The minimum absolute atomic E-state index is 0. The lowest BCUT2D eigenvalue weighted by molar-refractivity contribution is -0.121. The average Bonchev–Trinajstić information content (AvgIpc) is 2.63. The Morgan fingerprint density at radius 2 is 1.61 bits per heavy atom. The molecule has 1 unspecified atom stereocenters. The predicted molar refractivity (Wildman–Crippen MR) is 127 cm³/mol. The third-order valence-corrected chi connectivity index (χ3v) is 4.79. The van der Waals surface area contributed by atoms with Gasteiger partial charge in [-0.15, -0.1) is 37.2 Å². The highest BCUT2D eigenvalue weighted by atomic mass is 35.5. The Morgan fingerprint density at radius 3 is 2.21 bits per heavy atom. The van der Waals surface area contributed by atoms with E-state index in [1.165, 1.54) is 5.69 Å². The molecule has 28 heavy (non-hydrogen) atoms. The summed E-state index contributed by atoms with van der Waals surface area (Å²) in [5.41, 5.74) is 6.78. The molecule has 1 saturated heterocycles. The molecule has 0 aliphatic carbocycles. The number of nitrogens with two attached hydrogens (primary N) is 1. The Kier molecular flexibility index (Phi) is 18.1. The maximum absolute atomic E-state index is 12.0. The van der Waals surface area contributed by atoms with Gasteiger partial charge in [0.25, 0.3) is 0 Å². The zero-order chi connectivity index (χ0) is 17.9. The molecule has 1 aliphatic heterocycles. The molecule has 1 heterocycles. The molecule has 164 valence electrons. The number of unbranched alkanes of at least 4 members (excludes halogenated alkanes) is 3. The van der Waals surface area contributed by atoms with Gasteiger partial charge in [0, 0.05) is 50.9 Å². The third kappa shape index (κ3) is 11.3. The number of rotatable bonds is 10. The quantitative estimate of drug-likeness (QED) is 0.530. The van der Waals surface area contributed by atoms with Crippen LogP contribution in [0.2, 0.25) is 0 Å². The highest BCUT2D eigenvalue weighted by Gasteiger charge is 2.19. The van der Waals surface area contributed by atoms with Crippen molar-refractivity contribution < 1.29 is 4.79 Å². The third-order valence-electron chi connectivity index (χ3n) is 4.79. The molecule has 1 amide bonds. The first-order valence-electron chi connectivity index (χ1n) is 9.71. The van der Waals surface area contributed by atoms with Crippen molar-refractivity contribution in [3.8, 4) is 0 Å². The molecule has 1 aliphatic rings. The van der Waals surface area contributed by atoms with Gasteiger partial charge < -0.3 is 16.0 Å². The summed E-state index contributed by atoms with van der Waals surface area (Å²) >= 11 is 0. The maximum atomic E-state index is 12.0. The largest absolute Gasteiger partial charge is 0.369 e. The number of amides is 1. The van der Waals surface area contributed by atoms with Crippen LogP contribution in [0.15, 0.2) is 30.3 Å². The van der Waals surface area contributed by atoms with E-state index < -0.39 is 0 Å². The zero-order valence-electron chi connectivity index (χ0n) is 16.8. The van der Waals surface area contributed by atoms with Crippen molar-refractivity contribution in [1.82, 2.24) is 10.2 Å². The van der Waals surface area contributed by atoms with E-state index in [0.717, 1.165) is 65.0 Å². The first-order chi connectivity index (χ1) is 12.2. The lowest BCUT2D eigenvalue weighted by Crippen LogP contribution is -2.50. The molecule has 0 saturated carbocycles. The molecular weight excluding hydrogens is 419 g/mol. The molecule has 0 spiro atoms. The summed E-state index contributed by atoms with van der Waals surface area (Å²) in [6, 6.07) is 10.8. The van der Waals surface area contributed by atoms with Crippen LogP contribution < -0.4 is 16.0 Å². The Balaban J connectivity index is 0. The number of para-hydroxylation sites is 1. The highest BCUT2D eigenvalue weighted by Crippen LogP contribution is 2.15. The van der Waals surface area contributed by atoms with E-state index in [0.29, 0.717) is 6.42 Å². The molecule has 1 fully saturated rings. The number of hydrogen-bond acceptors (Lipinski definition) is 4. The first kappa shape index (κ1) is 29.5. The second-order valence-corrected chi connectivity index (χ2v) is 7.04. The van der Waals surface area contributed by atoms with Crippen LogP contribution in [0.3, 0.4) is 0 Å². The second-order valence-electron chi connectivity index (χ2n) is 7.04. The smallest absolute Gasteiger partial charge is 0.220 e. The number of nitrogens with one attached hydrogen (secondary N) is 1. The predicted octanol–water partition coefficient (Wildman–Crippen LogP) is 3.49. The van der Waals surface area contributed by atoms with Crippen LogP contribution in [0, 0.1) is 0 Å². The number of hydrogen-bond donors (Lipinski definition) is 2. The molecule has 0 aromatic heterocycles. The Morgan fingerprint density at radius 1 is 1.00 bits per heavy atom. The average molecular weight is 456 g/mol. The van der Waals surface area contributed by atoms with Crippen LogP contribution >= 0.6 is 37.2 Å². The number of carbonyl (C=O) groups excluding carboxylic acids is 1. The van der Waals surface area contributed by atoms with E-state index in [9.17, 15) is 4.79 Å². The van der Waals surface area contributed by atoms with Gasteiger partial charge >= 0.3 is 0 Å².